The summed E-state index contributed by atoms with van der Waals surface area (Å²) in [5, 5.41) is 0. The molecule has 0 aliphatic heterocycles. The summed E-state index contributed by atoms with van der Waals surface area (Å²) in [7, 11) is 1.75. The molecule has 0 heterocycles. The van der Waals surface area contributed by atoms with Crippen LogP contribution in [0.25, 0.3) is 0 Å². The normalized spacial score (nSPS) is 10.1. The monoisotopic (exact) mass is 401 g/mol. The minimum Gasteiger partial charge on any atom is -0.340 e. The average molecular weight is 402 g/mol. The number of alkyl halides is 1. The van der Waals surface area contributed by atoms with Crippen LogP contribution < -0.4 is 0 Å². The smallest absolute Gasteiger partial charge is 0.254 e. The molecule has 0 spiro atoms. The van der Waals surface area contributed by atoms with Crippen molar-refractivity contribution in [3.05, 3.63) is 31.8 Å². The maximum absolute atomic E-state index is 11.9. The zero-order chi connectivity index (χ0) is 11.4. The Labute approximate surface area is 116 Å². The van der Waals surface area contributed by atoms with Gasteiger partial charge < -0.3 is 4.90 Å². The largest absolute Gasteiger partial charge is 0.340 e. The topological polar surface area (TPSA) is 20.3 Å². The molecular formula is C10H10BrClINO. The highest BCUT2D eigenvalue weighted by molar-refractivity contribution is 14.1. The van der Waals surface area contributed by atoms with Crippen molar-refractivity contribution in [1.29, 1.82) is 0 Å². The molecule has 0 bridgehead atoms. The van der Waals surface area contributed by atoms with E-state index in [9.17, 15) is 4.79 Å². The summed E-state index contributed by atoms with van der Waals surface area (Å²) in [6, 6.07) is 5.68. The Morgan fingerprint density at radius 1 is 1.60 bits per heavy atom. The Balaban J connectivity index is 2.95. The van der Waals surface area contributed by atoms with E-state index in [0.29, 0.717) is 18.0 Å². The van der Waals surface area contributed by atoms with E-state index in [-0.39, 0.29) is 5.91 Å². The third kappa shape index (κ3) is 3.60. The van der Waals surface area contributed by atoms with E-state index in [0.717, 1.165) is 8.04 Å². The molecule has 2 nitrogen and oxygen atoms in total. The first-order valence-electron chi connectivity index (χ1n) is 4.32. The van der Waals surface area contributed by atoms with Gasteiger partial charge in [-0.2, -0.15) is 0 Å². The van der Waals surface area contributed by atoms with Crippen LogP contribution >= 0.6 is 50.1 Å². The molecule has 0 unspecified atom stereocenters. The van der Waals surface area contributed by atoms with E-state index < -0.39 is 0 Å². The number of hydrogen-bond donors (Lipinski definition) is 0. The summed E-state index contributed by atoms with van der Waals surface area (Å²) in [4.78, 5) is 13.6. The number of carbonyl (C=O) groups is 1. The predicted molar refractivity (Wildman–Crippen MR) is 74.5 cm³/mol. The van der Waals surface area contributed by atoms with Crippen molar-refractivity contribution < 1.29 is 4.79 Å². The van der Waals surface area contributed by atoms with Crippen LogP contribution in [-0.4, -0.2) is 30.3 Å². The Hall–Kier alpha value is 0.190. The van der Waals surface area contributed by atoms with Crippen LogP contribution in [0.1, 0.15) is 10.4 Å². The lowest BCUT2D eigenvalue weighted by atomic mass is 10.2. The number of nitrogens with zero attached hydrogens (tertiary/aromatic N) is 1. The number of carbonyl (C=O) groups excluding carboxylic acids is 1. The molecule has 0 aromatic heterocycles. The fourth-order valence-corrected chi connectivity index (χ4v) is 2.26. The van der Waals surface area contributed by atoms with Crippen LogP contribution in [0.2, 0.25) is 0 Å². The lowest BCUT2D eigenvalue weighted by molar-refractivity contribution is 0.0802. The Kier molecular flexibility index (Phi) is 5.35. The SMILES string of the molecule is CN(CCCl)C(=O)c1cc(I)ccc1Br. The lowest BCUT2D eigenvalue weighted by Gasteiger charge is -2.16. The van der Waals surface area contributed by atoms with Gasteiger partial charge in [0.15, 0.2) is 0 Å². The molecule has 0 aliphatic carbocycles. The first-order chi connectivity index (χ1) is 7.06. The van der Waals surface area contributed by atoms with Gasteiger partial charge in [0.1, 0.15) is 0 Å². The van der Waals surface area contributed by atoms with Crippen molar-refractivity contribution in [3.8, 4) is 0 Å². The van der Waals surface area contributed by atoms with Crippen molar-refractivity contribution in [3.63, 3.8) is 0 Å². The molecule has 0 fully saturated rings. The molecule has 15 heavy (non-hydrogen) atoms. The van der Waals surface area contributed by atoms with Gasteiger partial charge in [0.25, 0.3) is 5.91 Å². The molecule has 0 N–H and O–H groups in total. The molecule has 0 saturated heterocycles. The van der Waals surface area contributed by atoms with Crippen LogP contribution in [0.4, 0.5) is 0 Å². The highest BCUT2D eigenvalue weighted by atomic mass is 127. The van der Waals surface area contributed by atoms with Gasteiger partial charge in [-0.15, -0.1) is 11.6 Å². The predicted octanol–water partition coefficient (Wildman–Crippen LogP) is 3.36. The molecule has 1 rings (SSSR count). The van der Waals surface area contributed by atoms with E-state index in [2.05, 4.69) is 38.5 Å². The quantitative estimate of drug-likeness (QED) is 0.561. The lowest BCUT2D eigenvalue weighted by Crippen LogP contribution is -2.28. The number of benzene rings is 1. The second kappa shape index (κ2) is 6.06. The second-order valence-electron chi connectivity index (χ2n) is 3.04. The van der Waals surface area contributed by atoms with E-state index in [1.54, 1.807) is 11.9 Å². The van der Waals surface area contributed by atoms with Crippen molar-refractivity contribution in [1.82, 2.24) is 4.90 Å². The van der Waals surface area contributed by atoms with Crippen molar-refractivity contribution >= 4 is 56.0 Å². The van der Waals surface area contributed by atoms with E-state index in [1.807, 2.05) is 18.2 Å². The fraction of sp³-hybridized carbons (Fsp3) is 0.300. The summed E-state index contributed by atoms with van der Waals surface area (Å²) in [5.41, 5.74) is 0.675. The summed E-state index contributed by atoms with van der Waals surface area (Å²) in [5.74, 6) is 0.435. The molecule has 0 atom stereocenters. The fourth-order valence-electron chi connectivity index (χ4n) is 1.10. The second-order valence-corrected chi connectivity index (χ2v) is 5.52. The Morgan fingerprint density at radius 3 is 2.87 bits per heavy atom. The molecule has 1 aromatic carbocycles. The summed E-state index contributed by atoms with van der Waals surface area (Å²) in [6.07, 6.45) is 0. The highest BCUT2D eigenvalue weighted by Crippen LogP contribution is 2.20. The van der Waals surface area contributed by atoms with Crippen LogP contribution in [0.3, 0.4) is 0 Å². The van der Waals surface area contributed by atoms with Crippen molar-refractivity contribution in [2.45, 2.75) is 0 Å². The van der Waals surface area contributed by atoms with Crippen molar-refractivity contribution in [2.24, 2.45) is 0 Å². The standard InChI is InChI=1S/C10H10BrClINO/c1-14(5-4-12)10(15)8-6-7(13)2-3-9(8)11/h2-3,6H,4-5H2,1H3. The molecule has 82 valence electrons. The van der Waals surface area contributed by atoms with E-state index in [1.165, 1.54) is 0 Å². The number of hydrogen-bond acceptors (Lipinski definition) is 1. The maximum Gasteiger partial charge on any atom is 0.254 e. The number of halogens is 3. The van der Waals surface area contributed by atoms with Crippen LogP contribution in [0, 0.1) is 3.57 Å². The zero-order valence-electron chi connectivity index (χ0n) is 8.14. The van der Waals surface area contributed by atoms with Crippen LogP contribution in [0.15, 0.2) is 22.7 Å². The Morgan fingerprint density at radius 2 is 2.27 bits per heavy atom. The Bertz CT molecular complexity index is 372. The summed E-state index contributed by atoms with van der Waals surface area (Å²) in [6.45, 7) is 0.554. The molecule has 0 aliphatic rings. The number of amides is 1. The minimum absolute atomic E-state index is 0.0129. The van der Waals surface area contributed by atoms with E-state index >= 15 is 0 Å². The van der Waals surface area contributed by atoms with Crippen molar-refractivity contribution in [2.75, 3.05) is 19.5 Å². The molecule has 1 aromatic rings. The summed E-state index contributed by atoms with van der Waals surface area (Å²) < 4.78 is 1.85. The first kappa shape index (κ1) is 13.3. The highest BCUT2D eigenvalue weighted by Gasteiger charge is 2.14. The van der Waals surface area contributed by atoms with Gasteiger partial charge >= 0.3 is 0 Å². The maximum atomic E-state index is 11.9. The van der Waals surface area contributed by atoms with Gasteiger partial charge in [-0.3, -0.25) is 4.79 Å². The molecule has 0 radical (unpaired) electrons. The van der Waals surface area contributed by atoms with Gasteiger partial charge in [0.2, 0.25) is 0 Å². The van der Waals surface area contributed by atoms with Gasteiger partial charge in [-0.25, -0.2) is 0 Å². The first-order valence-corrected chi connectivity index (χ1v) is 6.73. The average Bonchev–Trinajstić information content (AvgIpc) is 2.21. The van der Waals surface area contributed by atoms with Crippen LogP contribution in [-0.2, 0) is 0 Å². The van der Waals surface area contributed by atoms with Gasteiger partial charge in [0, 0.05) is 27.5 Å². The van der Waals surface area contributed by atoms with Gasteiger partial charge in [0.05, 0.1) is 5.56 Å². The zero-order valence-corrected chi connectivity index (χ0v) is 12.6. The molecule has 5 heteroatoms. The molecule has 0 saturated carbocycles. The van der Waals surface area contributed by atoms with Gasteiger partial charge in [-0.1, -0.05) is 0 Å². The minimum atomic E-state index is -0.0129. The third-order valence-electron chi connectivity index (χ3n) is 1.93. The third-order valence-corrected chi connectivity index (χ3v) is 3.46. The van der Waals surface area contributed by atoms with E-state index in [4.69, 9.17) is 11.6 Å². The molecule has 1 amide bonds. The summed E-state index contributed by atoms with van der Waals surface area (Å²) >= 11 is 11.1. The molecular weight excluding hydrogens is 392 g/mol. The van der Waals surface area contributed by atoms with Gasteiger partial charge in [-0.05, 0) is 56.7 Å². The van der Waals surface area contributed by atoms with Crippen LogP contribution in [0.5, 0.6) is 0 Å². The number of rotatable bonds is 3.